The van der Waals surface area contributed by atoms with Crippen LogP contribution in [0.5, 0.6) is 0 Å². The quantitative estimate of drug-likeness (QED) is 0.129. The summed E-state index contributed by atoms with van der Waals surface area (Å²) in [6.45, 7) is 6.23. The number of hydrogen-bond acceptors (Lipinski definition) is 3. The highest BCUT2D eigenvalue weighted by molar-refractivity contribution is 7.26. The predicted octanol–water partition coefficient (Wildman–Crippen LogP) is 16.7. The van der Waals surface area contributed by atoms with Crippen molar-refractivity contribution in [1.29, 1.82) is 0 Å². The van der Waals surface area contributed by atoms with Gasteiger partial charge in [0.15, 0.2) is 5.82 Å². The summed E-state index contributed by atoms with van der Waals surface area (Å²) in [5.74, 6) is 0.701. The van der Waals surface area contributed by atoms with Crippen molar-refractivity contribution in [2.75, 3.05) is 0 Å². The van der Waals surface area contributed by atoms with Gasteiger partial charge in [-0.3, -0.25) is 0 Å². The van der Waals surface area contributed by atoms with Crippen LogP contribution < -0.4 is 0 Å². The molecule has 0 aliphatic carbocycles. The largest absolute Gasteiger partial charge is 0.226 e. The lowest BCUT2D eigenvalue weighted by atomic mass is 9.89. The average molecular weight is 811 g/mol. The fourth-order valence-corrected chi connectivity index (χ4v) is 9.38. The van der Waals surface area contributed by atoms with Crippen LogP contribution in [0.15, 0.2) is 231 Å². The van der Waals surface area contributed by atoms with Crippen LogP contribution in [0, 0.1) is 0 Å². The number of benzene rings is 8. The van der Waals surface area contributed by atoms with Gasteiger partial charge in [0.05, 0.1) is 15.9 Å². The molecule has 0 aliphatic rings. The Labute approximate surface area is 367 Å². The second kappa shape index (κ2) is 17.1. The second-order valence-electron chi connectivity index (χ2n) is 15.4. The zero-order chi connectivity index (χ0) is 41.8. The van der Waals surface area contributed by atoms with Gasteiger partial charge in [0.2, 0.25) is 0 Å². The summed E-state index contributed by atoms with van der Waals surface area (Å²) in [6.07, 6.45) is 8.18. The number of rotatable bonds is 10. The molecule has 0 unspecified atom stereocenters. The number of aromatic nitrogens is 2. The molecular weight excluding hydrogens is 769 g/mol. The van der Waals surface area contributed by atoms with E-state index in [1.54, 1.807) is 11.3 Å². The minimum absolute atomic E-state index is 0.701. The number of fused-ring (bicyclic) bond motifs is 3. The van der Waals surface area contributed by atoms with Crippen molar-refractivity contribution in [2.45, 2.75) is 6.92 Å². The van der Waals surface area contributed by atoms with Crippen molar-refractivity contribution < 1.29 is 0 Å². The molecular formula is C59H42N2S. The van der Waals surface area contributed by atoms with Gasteiger partial charge in [0, 0.05) is 21.2 Å². The van der Waals surface area contributed by atoms with Crippen LogP contribution in [0.3, 0.4) is 0 Å². The lowest BCUT2D eigenvalue weighted by Gasteiger charge is -2.15. The highest BCUT2D eigenvalue weighted by Gasteiger charge is 2.18. The molecule has 2 nitrogen and oxygen atoms in total. The molecule has 10 rings (SSSR count). The van der Waals surface area contributed by atoms with Crippen molar-refractivity contribution in [2.24, 2.45) is 0 Å². The number of nitrogens with zero attached hydrogens (tertiary/aromatic N) is 2. The minimum atomic E-state index is 0.701. The molecule has 0 aliphatic heterocycles. The van der Waals surface area contributed by atoms with Gasteiger partial charge >= 0.3 is 0 Å². The van der Waals surface area contributed by atoms with E-state index in [2.05, 4.69) is 219 Å². The SMILES string of the molecule is C=CC(=CC=CC)c1cc(-c2ccccc2)cc(-c2cc(-c3ccccc3)cc(-c3cccc(-c4nc(-c5cccc(-c6ccccc6)c5)c5sc6ccccc6c5n4)c3)c2)c1. The molecule has 8 aromatic carbocycles. The highest BCUT2D eigenvalue weighted by Crippen LogP contribution is 2.41. The van der Waals surface area contributed by atoms with E-state index in [4.69, 9.17) is 9.97 Å². The van der Waals surface area contributed by atoms with Crippen LogP contribution in [-0.4, -0.2) is 9.97 Å². The summed E-state index contributed by atoms with van der Waals surface area (Å²) in [4.78, 5) is 10.8. The third-order valence-corrected chi connectivity index (χ3v) is 12.5. The van der Waals surface area contributed by atoms with Gasteiger partial charge in [-0.1, -0.05) is 176 Å². The Morgan fingerprint density at radius 3 is 1.53 bits per heavy atom. The molecule has 62 heavy (non-hydrogen) atoms. The van der Waals surface area contributed by atoms with E-state index in [0.29, 0.717) is 5.82 Å². The fraction of sp³-hybridized carbons (Fsp3) is 0.0169. The van der Waals surface area contributed by atoms with Crippen molar-refractivity contribution in [3.05, 3.63) is 237 Å². The van der Waals surface area contributed by atoms with E-state index in [0.717, 1.165) is 88.1 Å². The van der Waals surface area contributed by atoms with Crippen LogP contribution in [0.4, 0.5) is 0 Å². The zero-order valence-electron chi connectivity index (χ0n) is 34.4. The van der Waals surface area contributed by atoms with E-state index in [1.165, 1.54) is 15.8 Å². The average Bonchev–Trinajstić information content (AvgIpc) is 3.73. The van der Waals surface area contributed by atoms with Crippen LogP contribution in [0.25, 0.3) is 104 Å². The molecule has 0 N–H and O–H groups in total. The van der Waals surface area contributed by atoms with Crippen LogP contribution in [0.1, 0.15) is 12.5 Å². The van der Waals surface area contributed by atoms with Gasteiger partial charge in [-0.15, -0.1) is 11.3 Å². The number of thiophene rings is 1. The van der Waals surface area contributed by atoms with Crippen LogP contribution in [-0.2, 0) is 0 Å². The first-order valence-electron chi connectivity index (χ1n) is 20.9. The molecule has 0 saturated carbocycles. The van der Waals surface area contributed by atoms with Gasteiger partial charge in [-0.05, 0) is 128 Å². The van der Waals surface area contributed by atoms with Crippen molar-refractivity contribution in [3.8, 4) is 78.3 Å². The maximum atomic E-state index is 5.41. The maximum absolute atomic E-state index is 5.41. The maximum Gasteiger partial charge on any atom is 0.160 e. The second-order valence-corrected chi connectivity index (χ2v) is 16.4. The highest BCUT2D eigenvalue weighted by atomic mass is 32.1. The molecule has 0 radical (unpaired) electrons. The Morgan fingerprint density at radius 1 is 0.452 bits per heavy atom. The van der Waals surface area contributed by atoms with E-state index < -0.39 is 0 Å². The molecule has 0 atom stereocenters. The summed E-state index contributed by atoms with van der Waals surface area (Å²) in [5, 5.41) is 1.14. The Morgan fingerprint density at radius 2 is 0.903 bits per heavy atom. The minimum Gasteiger partial charge on any atom is -0.226 e. The van der Waals surface area contributed by atoms with E-state index >= 15 is 0 Å². The Balaban J connectivity index is 1.14. The normalized spacial score (nSPS) is 11.7. The molecule has 0 fully saturated rings. The Hall–Kier alpha value is -7.72. The first-order valence-corrected chi connectivity index (χ1v) is 21.8. The first-order chi connectivity index (χ1) is 30.6. The third kappa shape index (κ3) is 7.74. The summed E-state index contributed by atoms with van der Waals surface area (Å²) < 4.78 is 2.29. The summed E-state index contributed by atoms with van der Waals surface area (Å²) in [5.41, 5.74) is 17.5. The topological polar surface area (TPSA) is 25.8 Å². The molecule has 0 amide bonds. The molecule has 0 saturated heterocycles. The molecule has 2 heterocycles. The van der Waals surface area contributed by atoms with E-state index in [-0.39, 0.29) is 0 Å². The van der Waals surface area contributed by atoms with Gasteiger partial charge in [-0.25, -0.2) is 9.97 Å². The molecule has 0 spiro atoms. The summed E-state index contributed by atoms with van der Waals surface area (Å²) in [6, 6.07) is 71.6. The lowest BCUT2D eigenvalue weighted by Crippen LogP contribution is -1.94. The van der Waals surface area contributed by atoms with Gasteiger partial charge < -0.3 is 0 Å². The molecule has 294 valence electrons. The fourth-order valence-electron chi connectivity index (χ4n) is 8.23. The first kappa shape index (κ1) is 38.5. The van der Waals surface area contributed by atoms with Gasteiger partial charge in [-0.2, -0.15) is 0 Å². The predicted molar refractivity (Wildman–Crippen MR) is 266 cm³/mol. The summed E-state index contributed by atoms with van der Waals surface area (Å²) in [7, 11) is 0. The van der Waals surface area contributed by atoms with Crippen molar-refractivity contribution in [3.63, 3.8) is 0 Å². The Kier molecular flexibility index (Phi) is 10.6. The smallest absolute Gasteiger partial charge is 0.160 e. The zero-order valence-corrected chi connectivity index (χ0v) is 35.2. The lowest BCUT2D eigenvalue weighted by molar-refractivity contribution is 1.24. The summed E-state index contributed by atoms with van der Waals surface area (Å²) >= 11 is 1.76. The number of hydrogen-bond donors (Lipinski definition) is 0. The van der Waals surface area contributed by atoms with Crippen LogP contribution in [0.2, 0.25) is 0 Å². The van der Waals surface area contributed by atoms with E-state index in [1.807, 2.05) is 19.1 Å². The van der Waals surface area contributed by atoms with Crippen molar-refractivity contribution >= 4 is 37.2 Å². The third-order valence-electron chi connectivity index (χ3n) is 11.4. The van der Waals surface area contributed by atoms with Crippen molar-refractivity contribution in [1.82, 2.24) is 9.97 Å². The number of allylic oxidation sites excluding steroid dienone is 5. The molecule has 10 aromatic rings. The standard InChI is InChI=1S/C59H42N2S/c1-3-5-19-40(4-2)48-34-49(42-22-11-7-12-23-42)37-52(35-48)53-38-50(43-24-13-8-14-25-43)36-51(39-53)45-27-18-29-47(33-45)59-60-56(58-57(61-59)54-30-15-16-31-55(54)62-58)46-28-17-26-44(32-46)41-20-9-6-10-21-41/h3-39H,2H2,1H3. The molecule has 2 aromatic heterocycles. The van der Waals surface area contributed by atoms with Crippen LogP contribution >= 0.6 is 11.3 Å². The van der Waals surface area contributed by atoms with Gasteiger partial charge in [0.25, 0.3) is 0 Å². The van der Waals surface area contributed by atoms with E-state index in [9.17, 15) is 0 Å². The monoisotopic (exact) mass is 810 g/mol. The Bertz CT molecular complexity index is 3300. The molecule has 3 heteroatoms. The van der Waals surface area contributed by atoms with Gasteiger partial charge in [0.1, 0.15) is 0 Å². The molecule has 0 bridgehead atoms.